The molecule has 7 nitrogen and oxygen atoms in total. The Morgan fingerprint density at radius 1 is 0.929 bits per heavy atom. The van der Waals surface area contributed by atoms with E-state index in [9.17, 15) is 9.59 Å². The van der Waals surface area contributed by atoms with Crippen LogP contribution in [0.2, 0.25) is 0 Å². The highest BCUT2D eigenvalue weighted by molar-refractivity contribution is 5.92. The number of nitrogens with zero attached hydrogens (tertiary/aromatic N) is 2. The highest BCUT2D eigenvalue weighted by Crippen LogP contribution is 2.32. The monoisotopic (exact) mass is 382 g/mol. The van der Waals surface area contributed by atoms with Crippen LogP contribution in [0.1, 0.15) is 15.9 Å². The van der Waals surface area contributed by atoms with Crippen LogP contribution in [-0.4, -0.2) is 61.3 Å². The zero-order chi connectivity index (χ0) is 19.3. The van der Waals surface area contributed by atoms with Crippen LogP contribution in [0, 0.1) is 0 Å². The van der Waals surface area contributed by atoms with E-state index in [2.05, 4.69) is 17.0 Å². The summed E-state index contributed by atoms with van der Waals surface area (Å²) in [4.78, 5) is 28.6. The van der Waals surface area contributed by atoms with Crippen molar-refractivity contribution in [3.05, 3.63) is 59.7 Å². The predicted octanol–water partition coefficient (Wildman–Crippen LogP) is 1.92. The van der Waals surface area contributed by atoms with Gasteiger partial charge in [0.15, 0.2) is 18.1 Å². The van der Waals surface area contributed by atoms with Crippen LogP contribution in [0.3, 0.4) is 0 Å². The summed E-state index contributed by atoms with van der Waals surface area (Å²) in [7, 11) is 0. The quantitative estimate of drug-likeness (QED) is 0.736. The van der Waals surface area contributed by atoms with E-state index in [4.69, 9.17) is 14.2 Å². The van der Waals surface area contributed by atoms with Gasteiger partial charge in [0.1, 0.15) is 0 Å². The number of amides is 1. The molecule has 1 saturated heterocycles. The van der Waals surface area contributed by atoms with E-state index < -0.39 is 5.97 Å². The van der Waals surface area contributed by atoms with Gasteiger partial charge in [0.05, 0.1) is 5.56 Å². The van der Waals surface area contributed by atoms with Crippen LogP contribution in [0.4, 0.5) is 0 Å². The first-order valence-corrected chi connectivity index (χ1v) is 9.30. The molecule has 0 aliphatic carbocycles. The first-order valence-electron chi connectivity index (χ1n) is 9.30. The Labute approximate surface area is 163 Å². The lowest BCUT2D eigenvalue weighted by Gasteiger charge is -2.34. The molecule has 2 aliphatic rings. The first kappa shape index (κ1) is 18.3. The number of esters is 1. The number of hydrogen-bond donors (Lipinski definition) is 0. The lowest BCUT2D eigenvalue weighted by Crippen LogP contribution is -2.49. The molecule has 2 aromatic rings. The number of hydrogen-bond acceptors (Lipinski definition) is 6. The molecule has 28 heavy (non-hydrogen) atoms. The minimum absolute atomic E-state index is 0.141. The second-order valence-corrected chi connectivity index (χ2v) is 6.79. The number of carbonyl (C=O) groups excluding carboxylic acids is 2. The van der Waals surface area contributed by atoms with Crippen molar-refractivity contribution in [3.63, 3.8) is 0 Å². The van der Waals surface area contributed by atoms with Gasteiger partial charge in [0.2, 0.25) is 6.79 Å². The van der Waals surface area contributed by atoms with E-state index in [1.54, 1.807) is 23.1 Å². The molecule has 0 aromatic heterocycles. The molecular weight excluding hydrogens is 360 g/mol. The maximum atomic E-state index is 12.4. The smallest absolute Gasteiger partial charge is 0.338 e. The topological polar surface area (TPSA) is 68.3 Å². The molecule has 0 bridgehead atoms. The molecule has 0 saturated carbocycles. The molecule has 146 valence electrons. The summed E-state index contributed by atoms with van der Waals surface area (Å²) in [5.74, 6) is 0.388. The molecule has 2 heterocycles. The minimum atomic E-state index is -0.547. The molecule has 0 N–H and O–H groups in total. The fourth-order valence-electron chi connectivity index (χ4n) is 3.32. The maximum Gasteiger partial charge on any atom is 0.338 e. The van der Waals surface area contributed by atoms with E-state index in [1.807, 2.05) is 18.2 Å². The van der Waals surface area contributed by atoms with Gasteiger partial charge in [-0.15, -0.1) is 0 Å². The summed E-state index contributed by atoms with van der Waals surface area (Å²) < 4.78 is 15.7. The van der Waals surface area contributed by atoms with Gasteiger partial charge in [-0.3, -0.25) is 9.69 Å². The van der Waals surface area contributed by atoms with Crippen molar-refractivity contribution < 1.29 is 23.8 Å². The van der Waals surface area contributed by atoms with Gasteiger partial charge in [-0.05, 0) is 23.8 Å². The highest BCUT2D eigenvalue weighted by atomic mass is 16.7. The van der Waals surface area contributed by atoms with Crippen molar-refractivity contribution in [1.82, 2.24) is 9.80 Å². The second kappa shape index (κ2) is 8.31. The summed E-state index contributed by atoms with van der Waals surface area (Å²) in [6, 6.07) is 15.1. The molecule has 4 rings (SSSR count). The number of rotatable bonds is 5. The van der Waals surface area contributed by atoms with Crippen LogP contribution in [-0.2, 0) is 16.1 Å². The van der Waals surface area contributed by atoms with Crippen molar-refractivity contribution in [1.29, 1.82) is 0 Å². The fraction of sp³-hybridized carbons (Fsp3) is 0.333. The number of piperazine rings is 1. The van der Waals surface area contributed by atoms with E-state index in [-0.39, 0.29) is 19.3 Å². The Hall–Kier alpha value is -3.06. The maximum absolute atomic E-state index is 12.4. The molecule has 0 radical (unpaired) electrons. The average molecular weight is 382 g/mol. The van der Waals surface area contributed by atoms with Crippen LogP contribution < -0.4 is 9.47 Å². The van der Waals surface area contributed by atoms with Gasteiger partial charge < -0.3 is 19.1 Å². The van der Waals surface area contributed by atoms with Gasteiger partial charge in [0.25, 0.3) is 5.91 Å². The van der Waals surface area contributed by atoms with Crippen molar-refractivity contribution >= 4 is 11.9 Å². The van der Waals surface area contributed by atoms with E-state index in [0.717, 1.165) is 19.6 Å². The third-order valence-corrected chi connectivity index (χ3v) is 4.91. The number of benzene rings is 2. The van der Waals surface area contributed by atoms with Crippen molar-refractivity contribution in [3.8, 4) is 11.5 Å². The summed E-state index contributed by atoms with van der Waals surface area (Å²) in [6.07, 6.45) is 0. The average Bonchev–Trinajstić information content (AvgIpc) is 3.21. The molecule has 2 aromatic carbocycles. The number of fused-ring (bicyclic) bond motifs is 1. The Kier molecular flexibility index (Phi) is 5.43. The lowest BCUT2D eigenvalue weighted by molar-refractivity contribution is -0.136. The minimum Gasteiger partial charge on any atom is -0.454 e. The summed E-state index contributed by atoms with van der Waals surface area (Å²) in [6.45, 7) is 3.63. The summed E-state index contributed by atoms with van der Waals surface area (Å²) >= 11 is 0. The molecule has 0 spiro atoms. The number of carbonyl (C=O) groups is 2. The third kappa shape index (κ3) is 4.26. The molecule has 0 atom stereocenters. The second-order valence-electron chi connectivity index (χ2n) is 6.79. The first-order chi connectivity index (χ1) is 13.7. The van der Waals surface area contributed by atoms with E-state index >= 15 is 0 Å². The van der Waals surface area contributed by atoms with E-state index in [1.165, 1.54) is 5.56 Å². The largest absolute Gasteiger partial charge is 0.454 e. The Bertz CT molecular complexity index is 847. The zero-order valence-electron chi connectivity index (χ0n) is 15.5. The lowest BCUT2D eigenvalue weighted by atomic mass is 10.2. The van der Waals surface area contributed by atoms with E-state index in [0.29, 0.717) is 30.2 Å². The Morgan fingerprint density at radius 3 is 2.46 bits per heavy atom. The fourth-order valence-corrected chi connectivity index (χ4v) is 3.32. The van der Waals surface area contributed by atoms with Crippen LogP contribution in [0.15, 0.2) is 48.5 Å². The normalized spacial score (nSPS) is 16.1. The van der Waals surface area contributed by atoms with Crippen LogP contribution in [0.25, 0.3) is 0 Å². The van der Waals surface area contributed by atoms with Crippen LogP contribution in [0.5, 0.6) is 11.5 Å². The van der Waals surface area contributed by atoms with Gasteiger partial charge >= 0.3 is 5.97 Å². The van der Waals surface area contributed by atoms with Gasteiger partial charge in [-0.25, -0.2) is 4.79 Å². The van der Waals surface area contributed by atoms with Gasteiger partial charge in [-0.2, -0.15) is 0 Å². The zero-order valence-corrected chi connectivity index (χ0v) is 15.5. The molecule has 7 heteroatoms. The van der Waals surface area contributed by atoms with Crippen LogP contribution >= 0.6 is 0 Å². The van der Waals surface area contributed by atoms with Crippen molar-refractivity contribution in [2.45, 2.75) is 6.54 Å². The molecule has 2 aliphatic heterocycles. The standard InChI is InChI=1S/C21H22N2O5/c24-20(14-26-21(25)17-6-7-18-19(12-17)28-15-27-18)23-10-8-22(9-11-23)13-16-4-2-1-3-5-16/h1-7,12H,8-11,13-15H2. The third-order valence-electron chi connectivity index (χ3n) is 4.91. The van der Waals surface area contributed by atoms with Gasteiger partial charge in [0, 0.05) is 32.7 Å². The molecule has 1 amide bonds. The number of ether oxygens (including phenoxy) is 3. The Morgan fingerprint density at radius 2 is 1.68 bits per heavy atom. The molecule has 0 unspecified atom stereocenters. The SMILES string of the molecule is O=C(OCC(=O)N1CCN(Cc2ccccc2)CC1)c1ccc2c(c1)OCO2. The Balaban J connectivity index is 1.23. The van der Waals surface area contributed by atoms with Gasteiger partial charge in [-0.1, -0.05) is 30.3 Å². The van der Waals surface area contributed by atoms with Crippen molar-refractivity contribution in [2.24, 2.45) is 0 Å². The predicted molar refractivity (Wildman–Crippen MR) is 101 cm³/mol. The summed E-state index contributed by atoms with van der Waals surface area (Å²) in [5.41, 5.74) is 1.60. The highest BCUT2D eigenvalue weighted by Gasteiger charge is 2.23. The van der Waals surface area contributed by atoms with Crippen molar-refractivity contribution in [2.75, 3.05) is 39.6 Å². The molecule has 1 fully saturated rings. The molecular formula is C21H22N2O5. The summed E-state index contributed by atoms with van der Waals surface area (Å²) in [5, 5.41) is 0.